The number of hydrogen-bond donors (Lipinski definition) is 0. The second-order valence-corrected chi connectivity index (χ2v) is 6.81. The van der Waals surface area contributed by atoms with E-state index in [1.807, 2.05) is 37.3 Å². The molecule has 0 spiro atoms. The van der Waals surface area contributed by atoms with Crippen molar-refractivity contribution in [2.24, 2.45) is 0 Å². The first-order chi connectivity index (χ1) is 14.6. The Labute approximate surface area is 174 Å². The van der Waals surface area contributed by atoms with Gasteiger partial charge in [-0.2, -0.15) is 0 Å². The summed E-state index contributed by atoms with van der Waals surface area (Å²) in [7, 11) is 1.24. The van der Waals surface area contributed by atoms with Gasteiger partial charge in [-0.05, 0) is 18.1 Å². The fourth-order valence-electron chi connectivity index (χ4n) is 3.25. The average Bonchev–Trinajstić information content (AvgIpc) is 3.15. The van der Waals surface area contributed by atoms with Crippen LogP contribution in [0.5, 0.6) is 0 Å². The first-order valence-corrected chi connectivity index (χ1v) is 9.80. The van der Waals surface area contributed by atoms with E-state index in [1.54, 1.807) is 6.07 Å². The molecule has 0 radical (unpaired) electrons. The topological polar surface area (TPSA) is 65.1 Å². The molecule has 1 heterocycles. The Bertz CT molecular complexity index is 928. The van der Waals surface area contributed by atoms with Crippen LogP contribution in [-0.2, 0) is 25.7 Å². The average molecular weight is 413 g/mol. The summed E-state index contributed by atoms with van der Waals surface area (Å²) in [5, 5.41) is 0.915. The molecule has 2 aromatic carbocycles. The summed E-state index contributed by atoms with van der Waals surface area (Å²) in [6.45, 7) is 2.01. The monoisotopic (exact) mass is 413 g/mol. The fraction of sp³-hybridized carbons (Fsp3) is 0.304. The highest BCUT2D eigenvalue weighted by atomic mass is 19.1. The normalized spacial score (nSPS) is 15.7. The lowest BCUT2D eigenvalue weighted by atomic mass is 9.96. The number of ether oxygens (including phenoxy) is 2. The van der Waals surface area contributed by atoms with Crippen LogP contribution in [0.15, 0.2) is 65.9 Å². The predicted octanol–water partition coefficient (Wildman–Crippen LogP) is 5.07. The largest absolute Gasteiger partial charge is 0.465 e. The van der Waals surface area contributed by atoms with Gasteiger partial charge in [0.1, 0.15) is 29.8 Å². The second kappa shape index (κ2) is 9.91. The summed E-state index contributed by atoms with van der Waals surface area (Å²) >= 11 is 0. The number of amides is 1. The lowest BCUT2D eigenvalue weighted by Crippen LogP contribution is -2.33. The molecule has 0 saturated heterocycles. The number of nitrogens with zero attached hydrogens (tertiary/aromatic N) is 1. The van der Waals surface area contributed by atoms with Crippen molar-refractivity contribution in [3.63, 3.8) is 0 Å². The van der Waals surface area contributed by atoms with Crippen molar-refractivity contribution in [1.29, 1.82) is 0 Å². The highest BCUT2D eigenvalue weighted by Gasteiger charge is 2.45. The van der Waals surface area contributed by atoms with Crippen molar-refractivity contribution >= 4 is 12.1 Å². The molecule has 7 heteroatoms. The van der Waals surface area contributed by atoms with Crippen LogP contribution in [0.1, 0.15) is 43.4 Å². The molecule has 6 nitrogen and oxygen atoms in total. The van der Waals surface area contributed by atoms with E-state index in [-0.39, 0.29) is 23.5 Å². The number of allylic oxidation sites excluding steroid dienone is 1. The van der Waals surface area contributed by atoms with Crippen molar-refractivity contribution in [2.75, 3.05) is 7.11 Å². The van der Waals surface area contributed by atoms with E-state index < -0.39 is 23.9 Å². The van der Waals surface area contributed by atoms with Gasteiger partial charge in [-0.3, -0.25) is 0 Å². The number of methoxy groups -OCH3 is 1. The number of rotatable bonds is 7. The fourth-order valence-corrected chi connectivity index (χ4v) is 3.25. The summed E-state index contributed by atoms with van der Waals surface area (Å²) in [5.74, 6) is -0.952. The van der Waals surface area contributed by atoms with E-state index >= 15 is 0 Å². The van der Waals surface area contributed by atoms with Crippen LogP contribution in [0.25, 0.3) is 0 Å². The van der Waals surface area contributed by atoms with Crippen LogP contribution in [0.3, 0.4) is 0 Å². The number of carbonyl (C=O) groups is 2. The molecule has 0 aliphatic carbocycles. The van der Waals surface area contributed by atoms with Crippen molar-refractivity contribution in [3.8, 4) is 0 Å². The second-order valence-electron chi connectivity index (χ2n) is 6.81. The minimum absolute atomic E-state index is 0.0153. The van der Waals surface area contributed by atoms with Gasteiger partial charge in [0.15, 0.2) is 0 Å². The smallest absolute Gasteiger partial charge is 0.444 e. The molecule has 0 saturated carbocycles. The van der Waals surface area contributed by atoms with Gasteiger partial charge in [0.2, 0.25) is 0 Å². The van der Waals surface area contributed by atoms with E-state index in [0.717, 1.165) is 23.5 Å². The third-order valence-corrected chi connectivity index (χ3v) is 4.76. The Hall–Kier alpha value is -3.35. The predicted molar refractivity (Wildman–Crippen MR) is 107 cm³/mol. The molecule has 1 unspecified atom stereocenters. The molecule has 30 heavy (non-hydrogen) atoms. The highest BCUT2D eigenvalue weighted by molar-refractivity contribution is 5.92. The summed E-state index contributed by atoms with van der Waals surface area (Å²) in [4.78, 5) is 31.2. The molecule has 3 rings (SSSR count). The van der Waals surface area contributed by atoms with Crippen LogP contribution < -0.4 is 0 Å². The lowest BCUT2D eigenvalue weighted by Gasteiger charge is -2.24. The zero-order chi connectivity index (χ0) is 21.5. The molecule has 0 N–H and O–H groups in total. The minimum atomic E-state index is -1.10. The van der Waals surface area contributed by atoms with Gasteiger partial charge in [-0.15, -0.1) is 5.06 Å². The molecule has 0 bridgehead atoms. The lowest BCUT2D eigenvalue weighted by molar-refractivity contribution is -0.137. The van der Waals surface area contributed by atoms with Crippen molar-refractivity contribution in [2.45, 2.75) is 38.8 Å². The maximum atomic E-state index is 14.6. The van der Waals surface area contributed by atoms with Gasteiger partial charge >= 0.3 is 12.1 Å². The van der Waals surface area contributed by atoms with Crippen molar-refractivity contribution in [1.82, 2.24) is 5.06 Å². The van der Waals surface area contributed by atoms with Crippen LogP contribution >= 0.6 is 0 Å². The quantitative estimate of drug-likeness (QED) is 0.593. The third kappa shape index (κ3) is 4.62. The van der Waals surface area contributed by atoms with Gasteiger partial charge in [-0.1, -0.05) is 61.9 Å². The molecule has 158 valence electrons. The number of halogens is 1. The summed E-state index contributed by atoms with van der Waals surface area (Å²) < 4.78 is 24.9. The van der Waals surface area contributed by atoms with Crippen molar-refractivity contribution < 1.29 is 28.3 Å². The van der Waals surface area contributed by atoms with Crippen LogP contribution in [-0.4, -0.2) is 24.2 Å². The number of esters is 1. The molecule has 1 atom stereocenters. The van der Waals surface area contributed by atoms with Gasteiger partial charge < -0.3 is 14.3 Å². The summed E-state index contributed by atoms with van der Waals surface area (Å²) in [6.07, 6.45) is 1.17. The molecule has 1 aliphatic rings. The minimum Gasteiger partial charge on any atom is -0.465 e. The Balaban J connectivity index is 1.94. The maximum Gasteiger partial charge on any atom is 0.444 e. The Kier molecular flexibility index (Phi) is 7.06. The van der Waals surface area contributed by atoms with Gasteiger partial charge in [0, 0.05) is 12.0 Å². The summed E-state index contributed by atoms with van der Waals surface area (Å²) in [5.41, 5.74) is 1.02. The highest BCUT2D eigenvalue weighted by Crippen LogP contribution is 2.41. The molecule has 0 fully saturated rings. The zero-order valence-electron chi connectivity index (χ0n) is 17.0. The Morgan fingerprint density at radius 1 is 1.10 bits per heavy atom. The van der Waals surface area contributed by atoms with E-state index in [2.05, 4.69) is 0 Å². The molecule has 1 amide bonds. The van der Waals surface area contributed by atoms with Crippen LogP contribution in [0.4, 0.5) is 9.18 Å². The summed E-state index contributed by atoms with van der Waals surface area (Å²) in [6, 6.07) is 14.0. The first kappa shape index (κ1) is 21.4. The van der Waals surface area contributed by atoms with Crippen LogP contribution in [0.2, 0.25) is 0 Å². The molecular weight excluding hydrogens is 389 g/mol. The van der Waals surface area contributed by atoms with Gasteiger partial charge in [0.25, 0.3) is 0 Å². The van der Waals surface area contributed by atoms with E-state index in [9.17, 15) is 14.0 Å². The number of hydrogen-bond acceptors (Lipinski definition) is 5. The Morgan fingerprint density at radius 3 is 2.47 bits per heavy atom. The SMILES string of the molecule is CCCCC1=C(C(=O)OC)C(c2ccccc2F)N(C(=O)OCc2ccccc2)O1. The third-order valence-electron chi connectivity index (χ3n) is 4.76. The maximum absolute atomic E-state index is 14.6. The molecule has 0 aromatic heterocycles. The van der Waals surface area contributed by atoms with Gasteiger partial charge in [-0.25, -0.2) is 14.0 Å². The van der Waals surface area contributed by atoms with E-state index in [1.165, 1.54) is 25.3 Å². The number of carbonyl (C=O) groups excluding carboxylic acids is 2. The van der Waals surface area contributed by atoms with E-state index in [4.69, 9.17) is 14.3 Å². The molecular formula is C23H24FNO5. The zero-order valence-corrected chi connectivity index (χ0v) is 17.0. The Morgan fingerprint density at radius 2 is 1.80 bits per heavy atom. The number of unbranched alkanes of at least 4 members (excludes halogenated alkanes) is 1. The first-order valence-electron chi connectivity index (χ1n) is 9.80. The molecule has 1 aliphatic heterocycles. The molecule has 2 aromatic rings. The number of benzene rings is 2. The standard InChI is InChI=1S/C23H24FNO5/c1-3-4-14-19-20(22(26)28-2)21(17-12-8-9-13-18(17)24)25(30-19)23(27)29-15-16-10-6-5-7-11-16/h5-13,21H,3-4,14-15H2,1-2H3. The van der Waals surface area contributed by atoms with E-state index in [0.29, 0.717) is 6.42 Å². The van der Waals surface area contributed by atoms with Gasteiger partial charge in [0.05, 0.1) is 7.11 Å². The van der Waals surface area contributed by atoms with Crippen LogP contribution in [0, 0.1) is 5.82 Å². The van der Waals surface area contributed by atoms with Crippen molar-refractivity contribution in [3.05, 3.63) is 82.9 Å². The number of hydroxylamine groups is 2.